The molecule has 0 radical (unpaired) electrons. The zero-order valence-corrected chi connectivity index (χ0v) is 19.1. The molecule has 0 aliphatic rings. The van der Waals surface area contributed by atoms with Gasteiger partial charge in [0.05, 0.1) is 0 Å². The van der Waals surface area contributed by atoms with Crippen molar-refractivity contribution in [3.05, 3.63) is 26.0 Å². The summed E-state index contributed by atoms with van der Waals surface area (Å²) in [5, 5.41) is 4.44. The second kappa shape index (κ2) is 5.27. The van der Waals surface area contributed by atoms with E-state index in [1.54, 1.807) is 11.3 Å². The SMILES string of the molecule is Cc1sc2c(C)c3c(Cl)[c]([Sn]([CH3])([CH3])[CH3])sc3c(C)c2c1Cl. The summed E-state index contributed by atoms with van der Waals surface area (Å²) < 4.78 is 4.11. The molecule has 21 heavy (non-hydrogen) atoms. The van der Waals surface area contributed by atoms with Crippen molar-refractivity contribution in [3.63, 3.8) is 0 Å². The van der Waals surface area contributed by atoms with Gasteiger partial charge in [-0.05, 0) is 0 Å². The van der Waals surface area contributed by atoms with Crippen LogP contribution in [0.3, 0.4) is 0 Å². The zero-order valence-electron chi connectivity index (χ0n) is 13.1. The van der Waals surface area contributed by atoms with Crippen molar-refractivity contribution < 1.29 is 0 Å². The molecule has 0 N–H and O–H groups in total. The molecule has 0 amide bonds. The molecule has 0 unspecified atom stereocenters. The third kappa shape index (κ3) is 2.37. The molecule has 3 aromatic rings. The molecule has 0 saturated carbocycles. The predicted octanol–water partition coefficient (Wildman–Crippen LogP) is 6.89. The van der Waals surface area contributed by atoms with Gasteiger partial charge in [-0.15, -0.1) is 0 Å². The molecule has 2 aromatic heterocycles. The van der Waals surface area contributed by atoms with Gasteiger partial charge in [0.2, 0.25) is 0 Å². The van der Waals surface area contributed by atoms with Gasteiger partial charge in [0.1, 0.15) is 0 Å². The Morgan fingerprint density at radius 1 is 0.762 bits per heavy atom. The number of thiophene rings is 2. The first-order valence-corrected chi connectivity index (χ1v) is 19.3. The van der Waals surface area contributed by atoms with Crippen LogP contribution in [0.2, 0.25) is 24.9 Å². The molecule has 5 heteroatoms. The van der Waals surface area contributed by atoms with Gasteiger partial charge in [-0.25, -0.2) is 0 Å². The predicted molar refractivity (Wildman–Crippen MR) is 104 cm³/mol. The number of fused-ring (bicyclic) bond motifs is 2. The fraction of sp³-hybridized carbons (Fsp3) is 0.375. The normalized spacial score (nSPS) is 12.8. The summed E-state index contributed by atoms with van der Waals surface area (Å²) in [5.74, 6) is 0. The molecule has 0 spiro atoms. The van der Waals surface area contributed by atoms with Crippen molar-refractivity contribution >= 4 is 87.3 Å². The van der Waals surface area contributed by atoms with E-state index in [2.05, 4.69) is 35.6 Å². The van der Waals surface area contributed by atoms with E-state index < -0.39 is 18.4 Å². The Labute approximate surface area is 147 Å². The average Bonchev–Trinajstić information content (AvgIpc) is 2.86. The van der Waals surface area contributed by atoms with Crippen molar-refractivity contribution in [1.82, 2.24) is 0 Å². The monoisotopic (exact) mass is 464 g/mol. The molecular weight excluding hydrogens is 446 g/mol. The third-order valence-corrected chi connectivity index (χ3v) is 17.4. The quantitative estimate of drug-likeness (QED) is 0.344. The van der Waals surface area contributed by atoms with E-state index in [0.29, 0.717) is 0 Å². The molecule has 112 valence electrons. The number of rotatable bonds is 1. The first-order chi connectivity index (χ1) is 9.64. The molecule has 3 rings (SSSR count). The van der Waals surface area contributed by atoms with Gasteiger partial charge in [-0.3, -0.25) is 0 Å². The third-order valence-electron chi connectivity index (χ3n) is 3.97. The Bertz CT molecular complexity index is 882. The molecule has 0 bridgehead atoms. The molecule has 0 aliphatic heterocycles. The molecular formula is C16H18Cl2S2Sn. The van der Waals surface area contributed by atoms with Gasteiger partial charge in [0, 0.05) is 0 Å². The fourth-order valence-corrected chi connectivity index (χ4v) is 13.7. The first kappa shape index (κ1) is 16.4. The molecule has 0 saturated heterocycles. The minimum atomic E-state index is -2.19. The summed E-state index contributed by atoms with van der Waals surface area (Å²) in [5.41, 5.74) is 2.60. The van der Waals surface area contributed by atoms with E-state index >= 15 is 0 Å². The van der Waals surface area contributed by atoms with Gasteiger partial charge in [-0.2, -0.15) is 0 Å². The second-order valence-electron chi connectivity index (χ2n) is 6.63. The molecule has 0 fully saturated rings. The van der Waals surface area contributed by atoms with Gasteiger partial charge < -0.3 is 0 Å². The van der Waals surface area contributed by atoms with Crippen LogP contribution in [0, 0.1) is 20.8 Å². The Morgan fingerprint density at radius 2 is 1.24 bits per heavy atom. The van der Waals surface area contributed by atoms with Crippen LogP contribution in [0.25, 0.3) is 20.2 Å². The number of hydrogen-bond acceptors (Lipinski definition) is 2. The molecule has 2 heterocycles. The summed E-state index contributed by atoms with van der Waals surface area (Å²) >= 11 is 14.9. The van der Waals surface area contributed by atoms with Crippen LogP contribution in [0.1, 0.15) is 16.0 Å². The van der Waals surface area contributed by atoms with Crippen LogP contribution in [-0.2, 0) is 0 Å². The van der Waals surface area contributed by atoms with E-state index in [1.807, 2.05) is 11.3 Å². The topological polar surface area (TPSA) is 0 Å². The van der Waals surface area contributed by atoms with Crippen molar-refractivity contribution in [2.45, 2.75) is 35.6 Å². The van der Waals surface area contributed by atoms with E-state index in [4.69, 9.17) is 23.2 Å². The Morgan fingerprint density at radius 3 is 1.76 bits per heavy atom. The minimum absolute atomic E-state index is 0.919. The Hall–Kier alpha value is 0.519. The van der Waals surface area contributed by atoms with Crippen LogP contribution < -0.4 is 2.89 Å². The van der Waals surface area contributed by atoms with Gasteiger partial charge in [0.15, 0.2) is 0 Å². The summed E-state index contributed by atoms with van der Waals surface area (Å²) in [7, 11) is 0. The number of halogens is 2. The van der Waals surface area contributed by atoms with E-state index in [1.165, 1.54) is 39.1 Å². The summed E-state index contributed by atoms with van der Waals surface area (Å²) in [6, 6.07) is 0. The summed E-state index contributed by atoms with van der Waals surface area (Å²) in [4.78, 5) is 8.47. The van der Waals surface area contributed by atoms with Crippen LogP contribution in [-0.4, -0.2) is 18.4 Å². The number of benzene rings is 1. The fourth-order valence-electron chi connectivity index (χ4n) is 2.84. The van der Waals surface area contributed by atoms with E-state index in [0.717, 1.165) is 10.0 Å². The van der Waals surface area contributed by atoms with Gasteiger partial charge in [-0.1, -0.05) is 0 Å². The Kier molecular flexibility index (Phi) is 4.11. The van der Waals surface area contributed by atoms with Gasteiger partial charge >= 0.3 is 149 Å². The first-order valence-electron chi connectivity index (χ1n) is 6.94. The van der Waals surface area contributed by atoms with Crippen LogP contribution in [0.4, 0.5) is 0 Å². The van der Waals surface area contributed by atoms with Crippen LogP contribution >= 0.6 is 45.9 Å². The number of hydrogen-bond donors (Lipinski definition) is 0. The van der Waals surface area contributed by atoms with Crippen LogP contribution in [0.5, 0.6) is 0 Å². The molecule has 1 aromatic carbocycles. The van der Waals surface area contributed by atoms with Crippen molar-refractivity contribution in [2.75, 3.05) is 0 Å². The van der Waals surface area contributed by atoms with Crippen molar-refractivity contribution in [2.24, 2.45) is 0 Å². The van der Waals surface area contributed by atoms with E-state index in [9.17, 15) is 0 Å². The maximum absolute atomic E-state index is 6.80. The zero-order chi connectivity index (χ0) is 15.7. The van der Waals surface area contributed by atoms with Gasteiger partial charge in [0.25, 0.3) is 0 Å². The molecule has 0 atom stereocenters. The molecule has 0 nitrogen and oxygen atoms in total. The average molecular weight is 464 g/mol. The second-order valence-corrected chi connectivity index (χ2v) is 24.9. The van der Waals surface area contributed by atoms with E-state index in [-0.39, 0.29) is 0 Å². The van der Waals surface area contributed by atoms with Crippen molar-refractivity contribution in [3.8, 4) is 0 Å². The standard InChI is InChI=1S/C13H9Cl2S2.3CH3.Sn/c1-5-9-8(14)4-16-12(9)6(2)10-11(15)7(3)17-13(5)10;;;;/h1-3H3;3*1H3;. The molecule has 0 aliphatic carbocycles. The van der Waals surface area contributed by atoms with Crippen LogP contribution in [0.15, 0.2) is 0 Å². The maximum atomic E-state index is 6.80. The number of aryl methyl sites for hydroxylation is 3. The summed E-state index contributed by atoms with van der Waals surface area (Å²) in [6.45, 7) is 6.48. The Balaban J connectivity index is 2.57. The van der Waals surface area contributed by atoms with Crippen molar-refractivity contribution in [1.29, 1.82) is 0 Å². The summed E-state index contributed by atoms with van der Waals surface area (Å²) in [6.07, 6.45) is 0.